The van der Waals surface area contributed by atoms with Crippen LogP contribution in [0, 0.1) is 0 Å². The predicted molar refractivity (Wildman–Crippen MR) is 58.4 cm³/mol. The van der Waals surface area contributed by atoms with Crippen molar-refractivity contribution in [1.29, 1.82) is 0 Å². The van der Waals surface area contributed by atoms with Crippen LogP contribution in [0.4, 0.5) is 0 Å². The van der Waals surface area contributed by atoms with Gasteiger partial charge in [-0.1, -0.05) is 0 Å². The molecule has 5 nitrogen and oxygen atoms in total. The molecular weight excluding hydrogens is 228 g/mol. The molecule has 1 aromatic heterocycles. The van der Waals surface area contributed by atoms with E-state index in [0.29, 0.717) is 11.4 Å². The standard InChI is InChI=1S/C10H12N2O3S/c13-9(14)4-7-2-1-3-12(7)10(15)8-5-11-6-16-8/h5-7H,1-4H2,(H,13,14). The summed E-state index contributed by atoms with van der Waals surface area (Å²) in [5, 5.41) is 8.76. The van der Waals surface area contributed by atoms with E-state index in [9.17, 15) is 9.59 Å². The van der Waals surface area contributed by atoms with E-state index in [1.807, 2.05) is 0 Å². The number of hydrogen-bond acceptors (Lipinski definition) is 4. The molecule has 6 heteroatoms. The molecule has 1 unspecified atom stereocenters. The van der Waals surface area contributed by atoms with Crippen LogP contribution in [0.5, 0.6) is 0 Å². The van der Waals surface area contributed by atoms with Gasteiger partial charge in [0.15, 0.2) is 0 Å². The zero-order valence-corrected chi connectivity index (χ0v) is 9.44. The van der Waals surface area contributed by atoms with Crippen LogP contribution in [0.2, 0.25) is 0 Å². The number of carbonyl (C=O) groups is 2. The average molecular weight is 240 g/mol. The van der Waals surface area contributed by atoms with Crippen molar-refractivity contribution >= 4 is 23.2 Å². The minimum atomic E-state index is -0.853. The summed E-state index contributed by atoms with van der Waals surface area (Å²) in [7, 11) is 0. The highest BCUT2D eigenvalue weighted by Crippen LogP contribution is 2.23. The Bertz CT molecular complexity index is 391. The van der Waals surface area contributed by atoms with Gasteiger partial charge in [0, 0.05) is 12.6 Å². The number of hydrogen-bond donors (Lipinski definition) is 1. The Labute approximate surface area is 96.7 Å². The maximum atomic E-state index is 12.0. The first-order valence-electron chi connectivity index (χ1n) is 5.09. The fourth-order valence-corrected chi connectivity index (χ4v) is 2.55. The highest BCUT2D eigenvalue weighted by Gasteiger charge is 2.31. The van der Waals surface area contributed by atoms with Crippen molar-refractivity contribution in [3.05, 3.63) is 16.6 Å². The van der Waals surface area contributed by atoms with Gasteiger partial charge in [0.1, 0.15) is 4.88 Å². The van der Waals surface area contributed by atoms with Crippen LogP contribution in [-0.2, 0) is 4.79 Å². The summed E-state index contributed by atoms with van der Waals surface area (Å²) in [5.41, 5.74) is 1.61. The number of amides is 1. The lowest BCUT2D eigenvalue weighted by Gasteiger charge is -2.22. The van der Waals surface area contributed by atoms with Crippen molar-refractivity contribution in [3.63, 3.8) is 0 Å². The summed E-state index contributed by atoms with van der Waals surface area (Å²) >= 11 is 1.29. The van der Waals surface area contributed by atoms with E-state index in [-0.39, 0.29) is 18.4 Å². The number of carboxylic acid groups (broad SMARTS) is 1. The topological polar surface area (TPSA) is 70.5 Å². The van der Waals surface area contributed by atoms with Crippen LogP contribution in [0.25, 0.3) is 0 Å². The second-order valence-corrected chi connectivity index (χ2v) is 4.64. The summed E-state index contributed by atoms with van der Waals surface area (Å²) in [4.78, 5) is 28.8. The molecule has 1 saturated heterocycles. The van der Waals surface area contributed by atoms with Crippen molar-refractivity contribution in [3.8, 4) is 0 Å². The molecule has 1 amide bonds. The van der Waals surface area contributed by atoms with E-state index in [1.165, 1.54) is 17.5 Å². The van der Waals surface area contributed by atoms with E-state index in [0.717, 1.165) is 12.8 Å². The average Bonchev–Trinajstić information content (AvgIpc) is 2.84. The van der Waals surface area contributed by atoms with Crippen molar-refractivity contribution in [2.75, 3.05) is 6.54 Å². The number of carboxylic acids is 1. The van der Waals surface area contributed by atoms with E-state index in [4.69, 9.17) is 5.11 Å². The van der Waals surface area contributed by atoms with Crippen LogP contribution in [-0.4, -0.2) is 39.5 Å². The Hall–Kier alpha value is -1.43. The summed E-state index contributed by atoms with van der Waals surface area (Å²) in [6, 6.07) is -0.160. The molecule has 1 atom stereocenters. The molecule has 0 spiro atoms. The summed E-state index contributed by atoms with van der Waals surface area (Å²) in [6.45, 7) is 0.648. The van der Waals surface area contributed by atoms with E-state index in [1.54, 1.807) is 10.4 Å². The molecule has 1 N–H and O–H groups in total. The highest BCUT2D eigenvalue weighted by molar-refractivity contribution is 7.11. The van der Waals surface area contributed by atoms with Crippen molar-refractivity contribution in [1.82, 2.24) is 9.88 Å². The van der Waals surface area contributed by atoms with Crippen LogP contribution in [0.1, 0.15) is 28.9 Å². The third kappa shape index (κ3) is 2.21. The van der Waals surface area contributed by atoms with E-state index in [2.05, 4.69) is 4.98 Å². The lowest BCUT2D eigenvalue weighted by molar-refractivity contribution is -0.137. The first-order chi connectivity index (χ1) is 7.68. The minimum absolute atomic E-state index is 0.0323. The Morgan fingerprint density at radius 1 is 1.62 bits per heavy atom. The normalized spacial score (nSPS) is 20.0. The predicted octanol–water partition coefficient (Wildman–Crippen LogP) is 1.22. The Balaban J connectivity index is 2.08. The van der Waals surface area contributed by atoms with Gasteiger partial charge in [-0.15, -0.1) is 11.3 Å². The molecular formula is C10H12N2O3S. The molecule has 0 saturated carbocycles. The van der Waals surface area contributed by atoms with Gasteiger partial charge in [-0.2, -0.15) is 0 Å². The maximum Gasteiger partial charge on any atom is 0.305 e. The van der Waals surface area contributed by atoms with Gasteiger partial charge in [-0.05, 0) is 12.8 Å². The number of aromatic nitrogens is 1. The minimum Gasteiger partial charge on any atom is -0.481 e. The molecule has 1 aliphatic heterocycles. The van der Waals surface area contributed by atoms with E-state index < -0.39 is 5.97 Å². The Kier molecular flexibility index (Phi) is 3.19. The lowest BCUT2D eigenvalue weighted by Crippen LogP contribution is -2.36. The molecule has 1 aliphatic rings. The van der Waals surface area contributed by atoms with Crippen molar-refractivity contribution in [2.24, 2.45) is 0 Å². The lowest BCUT2D eigenvalue weighted by atomic mass is 10.1. The largest absolute Gasteiger partial charge is 0.481 e. The molecule has 2 heterocycles. The third-order valence-corrected chi connectivity index (χ3v) is 3.45. The smallest absolute Gasteiger partial charge is 0.305 e. The quantitative estimate of drug-likeness (QED) is 0.862. The number of thiazole rings is 1. The number of nitrogens with zero attached hydrogens (tertiary/aromatic N) is 2. The zero-order chi connectivity index (χ0) is 11.5. The zero-order valence-electron chi connectivity index (χ0n) is 8.63. The van der Waals surface area contributed by atoms with Crippen molar-refractivity contribution < 1.29 is 14.7 Å². The van der Waals surface area contributed by atoms with Gasteiger partial charge in [0.25, 0.3) is 5.91 Å². The maximum absolute atomic E-state index is 12.0. The van der Waals surface area contributed by atoms with Gasteiger partial charge < -0.3 is 10.0 Å². The fraction of sp³-hybridized carbons (Fsp3) is 0.500. The Morgan fingerprint density at radius 2 is 2.44 bits per heavy atom. The van der Waals surface area contributed by atoms with E-state index >= 15 is 0 Å². The second kappa shape index (κ2) is 4.61. The van der Waals surface area contributed by atoms with Crippen LogP contribution < -0.4 is 0 Å². The van der Waals surface area contributed by atoms with Crippen LogP contribution >= 0.6 is 11.3 Å². The van der Waals surface area contributed by atoms with Crippen LogP contribution in [0.3, 0.4) is 0 Å². The van der Waals surface area contributed by atoms with Gasteiger partial charge in [0.2, 0.25) is 0 Å². The molecule has 86 valence electrons. The molecule has 0 aromatic carbocycles. The van der Waals surface area contributed by atoms with Gasteiger partial charge in [0.05, 0.1) is 18.1 Å². The number of carbonyl (C=O) groups excluding carboxylic acids is 1. The summed E-state index contributed by atoms with van der Waals surface area (Å²) < 4.78 is 0. The van der Waals surface area contributed by atoms with Crippen molar-refractivity contribution in [2.45, 2.75) is 25.3 Å². The van der Waals surface area contributed by atoms with Gasteiger partial charge >= 0.3 is 5.97 Å². The first-order valence-corrected chi connectivity index (χ1v) is 5.97. The number of likely N-dealkylation sites (tertiary alicyclic amines) is 1. The first kappa shape index (κ1) is 11.1. The molecule has 1 aromatic rings. The summed E-state index contributed by atoms with van der Waals surface area (Å²) in [6.07, 6.45) is 3.22. The number of rotatable bonds is 3. The highest BCUT2D eigenvalue weighted by atomic mass is 32.1. The summed E-state index contributed by atoms with van der Waals surface area (Å²) in [5.74, 6) is -0.944. The third-order valence-electron chi connectivity index (χ3n) is 2.69. The molecule has 0 bridgehead atoms. The Morgan fingerprint density at radius 3 is 3.06 bits per heavy atom. The van der Waals surface area contributed by atoms with Crippen LogP contribution in [0.15, 0.2) is 11.7 Å². The fourth-order valence-electron chi connectivity index (χ4n) is 1.98. The second-order valence-electron chi connectivity index (χ2n) is 3.76. The molecule has 0 radical (unpaired) electrons. The van der Waals surface area contributed by atoms with Gasteiger partial charge in [-0.3, -0.25) is 14.6 Å². The molecule has 2 rings (SSSR count). The monoisotopic (exact) mass is 240 g/mol. The SMILES string of the molecule is O=C(O)CC1CCCN1C(=O)c1cncs1. The van der Waals surface area contributed by atoms with Gasteiger partial charge in [-0.25, -0.2) is 0 Å². The molecule has 0 aliphatic carbocycles. The molecule has 16 heavy (non-hydrogen) atoms. The molecule has 1 fully saturated rings. The number of aliphatic carboxylic acids is 1.